The minimum absolute atomic E-state index is 0.0746. The van der Waals surface area contributed by atoms with Crippen LogP contribution in [0.1, 0.15) is 13.8 Å². The molecular weight excluding hydrogens is 240 g/mol. The molecule has 0 saturated heterocycles. The fraction of sp³-hybridized carbons (Fsp3) is 0.533. The quantitative estimate of drug-likeness (QED) is 0.816. The second-order valence-corrected chi connectivity index (χ2v) is 5.19. The van der Waals surface area contributed by atoms with Crippen LogP contribution in [0.2, 0.25) is 0 Å². The van der Waals surface area contributed by atoms with Crippen molar-refractivity contribution in [3.8, 4) is 5.75 Å². The predicted molar refractivity (Wildman–Crippen MR) is 77.3 cm³/mol. The molecule has 0 aliphatic rings. The van der Waals surface area contributed by atoms with Crippen LogP contribution in [0.25, 0.3) is 0 Å². The molecule has 4 nitrogen and oxygen atoms in total. The topological polar surface area (TPSA) is 41.6 Å². The number of carbonyl (C=O) groups excluding carboxylic acids is 1. The van der Waals surface area contributed by atoms with E-state index in [-0.39, 0.29) is 5.91 Å². The average Bonchev–Trinajstić information content (AvgIpc) is 2.36. The molecular formula is C15H24N2O2. The number of hydrogen-bond acceptors (Lipinski definition) is 3. The van der Waals surface area contributed by atoms with Crippen LogP contribution in [0.3, 0.4) is 0 Å². The third-order valence-electron chi connectivity index (χ3n) is 2.73. The monoisotopic (exact) mass is 264 g/mol. The van der Waals surface area contributed by atoms with Crippen LogP contribution in [-0.4, -0.2) is 44.1 Å². The molecule has 1 aromatic carbocycles. The van der Waals surface area contributed by atoms with Gasteiger partial charge in [-0.3, -0.25) is 4.79 Å². The smallest absolute Gasteiger partial charge is 0.260 e. The zero-order valence-corrected chi connectivity index (χ0v) is 12.2. The van der Waals surface area contributed by atoms with Crippen LogP contribution < -0.4 is 10.1 Å². The van der Waals surface area contributed by atoms with E-state index in [2.05, 4.69) is 17.1 Å². The lowest BCUT2D eigenvalue weighted by Gasteiger charge is -2.19. The summed E-state index contributed by atoms with van der Waals surface area (Å²) in [5.41, 5.74) is 0. The van der Waals surface area contributed by atoms with Gasteiger partial charge in [-0.05, 0) is 39.1 Å². The minimum atomic E-state index is -0.478. The van der Waals surface area contributed by atoms with E-state index in [9.17, 15) is 4.79 Å². The number of para-hydroxylation sites is 1. The predicted octanol–water partition coefficient (Wildman–Crippen LogP) is 1.77. The van der Waals surface area contributed by atoms with Gasteiger partial charge in [0.25, 0.3) is 5.91 Å². The van der Waals surface area contributed by atoms with Crippen LogP contribution in [-0.2, 0) is 4.79 Å². The van der Waals surface area contributed by atoms with Crippen molar-refractivity contribution in [2.45, 2.75) is 20.0 Å². The summed E-state index contributed by atoms with van der Waals surface area (Å²) in [7, 11) is 4.05. The van der Waals surface area contributed by atoms with Gasteiger partial charge in [-0.15, -0.1) is 0 Å². The van der Waals surface area contributed by atoms with E-state index in [4.69, 9.17) is 4.74 Å². The highest BCUT2D eigenvalue weighted by Gasteiger charge is 2.15. The Morgan fingerprint density at radius 3 is 2.47 bits per heavy atom. The number of benzene rings is 1. The first-order valence-corrected chi connectivity index (χ1v) is 6.63. The fourth-order valence-electron chi connectivity index (χ4n) is 1.86. The highest BCUT2D eigenvalue weighted by molar-refractivity contribution is 5.80. The number of ether oxygens (including phenoxy) is 1. The van der Waals surface area contributed by atoms with Gasteiger partial charge in [0, 0.05) is 13.1 Å². The lowest BCUT2D eigenvalue weighted by Crippen LogP contribution is -2.40. The molecule has 0 spiro atoms. The van der Waals surface area contributed by atoms with Crippen molar-refractivity contribution in [3.05, 3.63) is 30.3 Å². The summed E-state index contributed by atoms with van der Waals surface area (Å²) in [6, 6.07) is 9.38. The Morgan fingerprint density at radius 1 is 1.26 bits per heavy atom. The second-order valence-electron chi connectivity index (χ2n) is 5.19. The second kappa shape index (κ2) is 7.79. The Balaban J connectivity index is 2.33. The maximum Gasteiger partial charge on any atom is 0.260 e. The number of nitrogens with one attached hydrogen (secondary N) is 1. The SMILES string of the molecule is C[C@@H](CNC(=O)[C@H](C)Oc1ccccc1)CN(C)C. The molecule has 0 saturated carbocycles. The normalized spacial score (nSPS) is 13.9. The van der Waals surface area contributed by atoms with Crippen LogP contribution in [0.5, 0.6) is 5.75 Å². The molecule has 1 amide bonds. The van der Waals surface area contributed by atoms with Crippen LogP contribution >= 0.6 is 0 Å². The van der Waals surface area contributed by atoms with Crippen LogP contribution in [0, 0.1) is 5.92 Å². The van der Waals surface area contributed by atoms with Crippen molar-refractivity contribution in [3.63, 3.8) is 0 Å². The van der Waals surface area contributed by atoms with Gasteiger partial charge in [-0.2, -0.15) is 0 Å². The highest BCUT2D eigenvalue weighted by Crippen LogP contribution is 2.10. The first-order valence-electron chi connectivity index (χ1n) is 6.63. The standard InChI is InChI=1S/C15H24N2O2/c1-12(11-17(3)4)10-16-15(18)13(2)19-14-8-6-5-7-9-14/h5-9,12-13H,10-11H2,1-4H3,(H,16,18)/t12-,13-/m0/s1. The van der Waals surface area contributed by atoms with Crippen molar-refractivity contribution in [1.82, 2.24) is 10.2 Å². The summed E-state index contributed by atoms with van der Waals surface area (Å²) >= 11 is 0. The zero-order chi connectivity index (χ0) is 14.3. The van der Waals surface area contributed by atoms with Crippen LogP contribution in [0.4, 0.5) is 0 Å². The van der Waals surface area contributed by atoms with E-state index in [0.717, 1.165) is 6.54 Å². The minimum Gasteiger partial charge on any atom is -0.481 e. The Kier molecular flexibility index (Phi) is 6.36. The van der Waals surface area contributed by atoms with Crippen molar-refractivity contribution in [2.75, 3.05) is 27.2 Å². The highest BCUT2D eigenvalue weighted by atomic mass is 16.5. The molecule has 0 bridgehead atoms. The first-order chi connectivity index (χ1) is 8.99. The summed E-state index contributed by atoms with van der Waals surface area (Å²) in [5, 5.41) is 2.92. The third-order valence-corrected chi connectivity index (χ3v) is 2.73. The number of nitrogens with zero attached hydrogens (tertiary/aromatic N) is 1. The van der Waals surface area contributed by atoms with Gasteiger partial charge in [0.2, 0.25) is 0 Å². The van der Waals surface area contributed by atoms with Gasteiger partial charge < -0.3 is 15.0 Å². The van der Waals surface area contributed by atoms with Crippen LogP contribution in [0.15, 0.2) is 30.3 Å². The van der Waals surface area contributed by atoms with E-state index in [1.54, 1.807) is 6.92 Å². The summed E-state index contributed by atoms with van der Waals surface area (Å²) in [5.74, 6) is 1.06. The number of rotatable bonds is 7. The average molecular weight is 264 g/mol. The Morgan fingerprint density at radius 2 is 1.89 bits per heavy atom. The first kappa shape index (κ1) is 15.5. The molecule has 0 radical (unpaired) electrons. The van der Waals surface area contributed by atoms with E-state index in [1.807, 2.05) is 44.4 Å². The lowest BCUT2D eigenvalue weighted by atomic mass is 10.1. The fourth-order valence-corrected chi connectivity index (χ4v) is 1.86. The lowest BCUT2D eigenvalue weighted by molar-refractivity contribution is -0.127. The van der Waals surface area contributed by atoms with Crippen molar-refractivity contribution < 1.29 is 9.53 Å². The Bertz CT molecular complexity index is 379. The molecule has 19 heavy (non-hydrogen) atoms. The van der Waals surface area contributed by atoms with E-state index in [0.29, 0.717) is 18.2 Å². The number of amides is 1. The maximum absolute atomic E-state index is 11.9. The largest absolute Gasteiger partial charge is 0.481 e. The molecule has 0 aliphatic carbocycles. The molecule has 0 heterocycles. The molecule has 0 aromatic heterocycles. The number of hydrogen-bond donors (Lipinski definition) is 1. The molecule has 0 unspecified atom stereocenters. The van der Waals surface area contributed by atoms with Gasteiger partial charge in [0.05, 0.1) is 0 Å². The van der Waals surface area contributed by atoms with Gasteiger partial charge in [-0.25, -0.2) is 0 Å². The number of carbonyl (C=O) groups is 1. The molecule has 2 atom stereocenters. The summed E-state index contributed by atoms with van der Waals surface area (Å²) in [6.45, 7) is 5.50. The molecule has 4 heteroatoms. The summed E-state index contributed by atoms with van der Waals surface area (Å²) < 4.78 is 5.57. The van der Waals surface area contributed by atoms with Crippen molar-refractivity contribution in [2.24, 2.45) is 5.92 Å². The van der Waals surface area contributed by atoms with Gasteiger partial charge in [-0.1, -0.05) is 25.1 Å². The van der Waals surface area contributed by atoms with Crippen molar-refractivity contribution >= 4 is 5.91 Å². The molecule has 0 aliphatic heterocycles. The Labute approximate surface area is 115 Å². The summed E-state index contributed by atoms with van der Waals surface area (Å²) in [4.78, 5) is 14.0. The Hall–Kier alpha value is -1.55. The van der Waals surface area contributed by atoms with E-state index in [1.165, 1.54) is 0 Å². The third kappa shape index (κ3) is 6.25. The zero-order valence-electron chi connectivity index (χ0n) is 12.2. The molecule has 106 valence electrons. The van der Waals surface area contributed by atoms with Crippen molar-refractivity contribution in [1.29, 1.82) is 0 Å². The summed E-state index contributed by atoms with van der Waals surface area (Å²) in [6.07, 6.45) is -0.478. The van der Waals surface area contributed by atoms with Gasteiger partial charge in [0.1, 0.15) is 5.75 Å². The van der Waals surface area contributed by atoms with E-state index >= 15 is 0 Å². The molecule has 1 N–H and O–H groups in total. The van der Waals surface area contributed by atoms with Gasteiger partial charge >= 0.3 is 0 Å². The molecule has 1 aromatic rings. The van der Waals surface area contributed by atoms with E-state index < -0.39 is 6.10 Å². The van der Waals surface area contributed by atoms with Gasteiger partial charge in [0.15, 0.2) is 6.10 Å². The maximum atomic E-state index is 11.9. The molecule has 0 fully saturated rings. The molecule has 1 rings (SSSR count).